The summed E-state index contributed by atoms with van der Waals surface area (Å²) in [5.74, 6) is 1.84. The second kappa shape index (κ2) is 6.44. The SMILES string of the molecule is CCCNC1C(=O)Nc2cc(SCC(C)C)ccc21. The van der Waals surface area contributed by atoms with E-state index in [-0.39, 0.29) is 11.9 Å². The lowest BCUT2D eigenvalue weighted by atomic mass is 10.1. The molecule has 1 aliphatic heterocycles. The first-order valence-electron chi connectivity index (χ1n) is 6.92. The van der Waals surface area contributed by atoms with Gasteiger partial charge >= 0.3 is 0 Å². The molecule has 0 bridgehead atoms. The quantitative estimate of drug-likeness (QED) is 0.783. The molecule has 1 unspecified atom stereocenters. The van der Waals surface area contributed by atoms with Crippen LogP contribution in [-0.4, -0.2) is 18.2 Å². The van der Waals surface area contributed by atoms with Gasteiger partial charge in [-0.1, -0.05) is 26.8 Å². The van der Waals surface area contributed by atoms with E-state index in [1.54, 1.807) is 0 Å². The van der Waals surface area contributed by atoms with Crippen LogP contribution in [0, 0.1) is 5.92 Å². The summed E-state index contributed by atoms with van der Waals surface area (Å²) >= 11 is 1.84. The predicted molar refractivity (Wildman–Crippen MR) is 81.7 cm³/mol. The fraction of sp³-hybridized carbons (Fsp3) is 0.533. The number of nitrogens with one attached hydrogen (secondary N) is 2. The second-order valence-corrected chi connectivity index (χ2v) is 6.42. The van der Waals surface area contributed by atoms with Gasteiger partial charge in [-0.2, -0.15) is 0 Å². The molecule has 104 valence electrons. The average molecular weight is 278 g/mol. The molecule has 1 amide bonds. The van der Waals surface area contributed by atoms with Gasteiger partial charge in [0.1, 0.15) is 6.04 Å². The molecule has 0 saturated carbocycles. The maximum atomic E-state index is 11.9. The first-order chi connectivity index (χ1) is 9.11. The van der Waals surface area contributed by atoms with Crippen LogP contribution in [0.4, 0.5) is 5.69 Å². The fourth-order valence-corrected chi connectivity index (χ4v) is 2.98. The average Bonchev–Trinajstić information content (AvgIpc) is 2.68. The van der Waals surface area contributed by atoms with E-state index in [1.165, 1.54) is 4.90 Å². The molecule has 0 radical (unpaired) electrons. The molecule has 0 aromatic heterocycles. The molecule has 2 rings (SSSR count). The smallest absolute Gasteiger partial charge is 0.246 e. The molecule has 1 aliphatic rings. The molecule has 2 N–H and O–H groups in total. The van der Waals surface area contributed by atoms with Crippen molar-refractivity contribution in [2.24, 2.45) is 5.92 Å². The Morgan fingerprint density at radius 3 is 2.89 bits per heavy atom. The van der Waals surface area contributed by atoms with E-state index in [0.29, 0.717) is 5.92 Å². The Balaban J connectivity index is 2.10. The summed E-state index contributed by atoms with van der Waals surface area (Å²) in [6.07, 6.45) is 1.03. The molecular formula is C15H22N2OS. The Labute approximate surface area is 119 Å². The summed E-state index contributed by atoms with van der Waals surface area (Å²) in [5, 5.41) is 6.26. The Morgan fingerprint density at radius 1 is 1.42 bits per heavy atom. The van der Waals surface area contributed by atoms with E-state index in [2.05, 4.69) is 49.6 Å². The number of rotatable bonds is 6. The van der Waals surface area contributed by atoms with E-state index >= 15 is 0 Å². The summed E-state index contributed by atoms with van der Waals surface area (Å²) < 4.78 is 0. The minimum absolute atomic E-state index is 0.0643. The highest BCUT2D eigenvalue weighted by Crippen LogP contribution is 2.34. The van der Waals surface area contributed by atoms with Crippen molar-refractivity contribution < 1.29 is 4.79 Å². The maximum absolute atomic E-state index is 11.9. The Morgan fingerprint density at radius 2 is 2.21 bits per heavy atom. The van der Waals surface area contributed by atoms with Gasteiger partial charge in [0.2, 0.25) is 5.91 Å². The van der Waals surface area contributed by atoms with Crippen LogP contribution in [0.5, 0.6) is 0 Å². The van der Waals surface area contributed by atoms with Gasteiger partial charge in [0.25, 0.3) is 0 Å². The van der Waals surface area contributed by atoms with Crippen molar-refractivity contribution >= 4 is 23.4 Å². The minimum atomic E-state index is -0.181. The van der Waals surface area contributed by atoms with Gasteiger partial charge in [-0.25, -0.2) is 0 Å². The number of benzene rings is 1. The number of carbonyl (C=O) groups excluding carboxylic acids is 1. The molecule has 0 saturated heterocycles. The van der Waals surface area contributed by atoms with Crippen molar-refractivity contribution in [1.82, 2.24) is 5.32 Å². The Bertz CT molecular complexity index is 459. The molecule has 4 heteroatoms. The Hall–Kier alpha value is -1.00. The van der Waals surface area contributed by atoms with E-state index in [0.717, 1.165) is 30.0 Å². The van der Waals surface area contributed by atoms with Crippen LogP contribution in [-0.2, 0) is 4.79 Å². The zero-order chi connectivity index (χ0) is 13.8. The first kappa shape index (κ1) is 14.4. The predicted octanol–water partition coefficient (Wildman–Crippen LogP) is 3.43. The molecule has 1 atom stereocenters. The van der Waals surface area contributed by atoms with Crippen molar-refractivity contribution in [2.75, 3.05) is 17.6 Å². The van der Waals surface area contributed by atoms with Crippen LogP contribution in [0.3, 0.4) is 0 Å². The van der Waals surface area contributed by atoms with Gasteiger partial charge in [0.15, 0.2) is 0 Å². The van der Waals surface area contributed by atoms with Crippen LogP contribution >= 0.6 is 11.8 Å². The third-order valence-electron chi connectivity index (χ3n) is 3.04. The van der Waals surface area contributed by atoms with E-state index < -0.39 is 0 Å². The van der Waals surface area contributed by atoms with Crippen molar-refractivity contribution in [1.29, 1.82) is 0 Å². The van der Waals surface area contributed by atoms with E-state index in [4.69, 9.17) is 0 Å². The number of thioether (sulfide) groups is 1. The highest BCUT2D eigenvalue weighted by Gasteiger charge is 2.29. The standard InChI is InChI=1S/C15H22N2OS/c1-4-7-16-14-12-6-5-11(19-9-10(2)3)8-13(12)17-15(14)18/h5-6,8,10,14,16H,4,7,9H2,1-3H3,(H,17,18). The third-order valence-corrected chi connectivity index (χ3v) is 4.46. The third kappa shape index (κ3) is 3.51. The molecule has 0 spiro atoms. The molecular weight excluding hydrogens is 256 g/mol. The van der Waals surface area contributed by atoms with Crippen LogP contribution in [0.2, 0.25) is 0 Å². The number of hydrogen-bond donors (Lipinski definition) is 2. The van der Waals surface area contributed by atoms with Crippen LogP contribution in [0.25, 0.3) is 0 Å². The minimum Gasteiger partial charge on any atom is -0.324 e. The second-order valence-electron chi connectivity index (χ2n) is 5.33. The lowest BCUT2D eigenvalue weighted by molar-refractivity contribution is -0.117. The zero-order valence-corrected chi connectivity index (χ0v) is 12.6. The van der Waals surface area contributed by atoms with Crippen molar-refractivity contribution in [3.8, 4) is 0 Å². The summed E-state index contributed by atoms with van der Waals surface area (Å²) in [5.41, 5.74) is 2.04. The summed E-state index contributed by atoms with van der Waals surface area (Å²) in [6.45, 7) is 7.40. The van der Waals surface area contributed by atoms with Gasteiger partial charge in [-0.05, 0) is 31.0 Å². The highest BCUT2D eigenvalue weighted by atomic mass is 32.2. The monoisotopic (exact) mass is 278 g/mol. The number of hydrogen-bond acceptors (Lipinski definition) is 3. The van der Waals surface area contributed by atoms with Gasteiger partial charge in [0.05, 0.1) is 0 Å². The van der Waals surface area contributed by atoms with Crippen molar-refractivity contribution in [2.45, 2.75) is 38.1 Å². The molecule has 0 fully saturated rings. The number of amides is 1. The Kier molecular flexibility index (Phi) is 4.88. The lowest BCUT2D eigenvalue weighted by Crippen LogP contribution is -2.27. The van der Waals surface area contributed by atoms with Crippen molar-refractivity contribution in [3.63, 3.8) is 0 Å². The van der Waals surface area contributed by atoms with E-state index in [1.807, 2.05) is 11.8 Å². The fourth-order valence-electron chi connectivity index (χ4n) is 2.09. The number of anilines is 1. The van der Waals surface area contributed by atoms with Crippen LogP contribution < -0.4 is 10.6 Å². The molecule has 1 heterocycles. The number of fused-ring (bicyclic) bond motifs is 1. The first-order valence-corrected chi connectivity index (χ1v) is 7.91. The van der Waals surface area contributed by atoms with Gasteiger partial charge in [0, 0.05) is 21.9 Å². The van der Waals surface area contributed by atoms with Gasteiger partial charge < -0.3 is 10.6 Å². The topological polar surface area (TPSA) is 41.1 Å². The highest BCUT2D eigenvalue weighted by molar-refractivity contribution is 7.99. The largest absolute Gasteiger partial charge is 0.324 e. The molecule has 19 heavy (non-hydrogen) atoms. The van der Waals surface area contributed by atoms with Crippen LogP contribution in [0.15, 0.2) is 23.1 Å². The summed E-state index contributed by atoms with van der Waals surface area (Å²) in [7, 11) is 0. The lowest BCUT2D eigenvalue weighted by Gasteiger charge is -2.11. The molecule has 3 nitrogen and oxygen atoms in total. The summed E-state index contributed by atoms with van der Waals surface area (Å²) in [6, 6.07) is 6.10. The molecule has 0 aliphatic carbocycles. The number of carbonyl (C=O) groups is 1. The zero-order valence-electron chi connectivity index (χ0n) is 11.8. The van der Waals surface area contributed by atoms with Crippen molar-refractivity contribution in [3.05, 3.63) is 23.8 Å². The van der Waals surface area contributed by atoms with Crippen LogP contribution in [0.1, 0.15) is 38.8 Å². The molecule has 1 aromatic rings. The van der Waals surface area contributed by atoms with E-state index in [9.17, 15) is 4.79 Å². The molecule has 1 aromatic carbocycles. The maximum Gasteiger partial charge on any atom is 0.246 e. The van der Waals surface area contributed by atoms with Gasteiger partial charge in [-0.3, -0.25) is 4.79 Å². The summed E-state index contributed by atoms with van der Waals surface area (Å²) in [4.78, 5) is 13.2. The van der Waals surface area contributed by atoms with Gasteiger partial charge in [-0.15, -0.1) is 11.8 Å². The normalized spacial score (nSPS) is 17.7.